The molecule has 0 saturated heterocycles. The van der Waals surface area contributed by atoms with Crippen molar-refractivity contribution in [2.24, 2.45) is 17.3 Å². The molecular formula is C25H28O4. The molecule has 4 nitrogen and oxygen atoms in total. The molecule has 0 aromatic heterocycles. The number of fused-ring (bicyclic) bond motifs is 5. The van der Waals surface area contributed by atoms with Crippen LogP contribution >= 0.6 is 0 Å². The number of phenols is 2. The van der Waals surface area contributed by atoms with Crippen LogP contribution in [0, 0.1) is 17.3 Å². The van der Waals surface area contributed by atoms with Crippen molar-refractivity contribution < 1.29 is 19.7 Å². The summed E-state index contributed by atoms with van der Waals surface area (Å²) in [5.74, 6) is 1.33. The van der Waals surface area contributed by atoms with E-state index >= 15 is 0 Å². The molecule has 4 heteroatoms. The maximum absolute atomic E-state index is 12.7. The summed E-state index contributed by atoms with van der Waals surface area (Å²) in [5, 5.41) is 20.2. The van der Waals surface area contributed by atoms with E-state index in [2.05, 4.69) is 6.92 Å². The predicted molar refractivity (Wildman–Crippen MR) is 110 cm³/mol. The van der Waals surface area contributed by atoms with E-state index in [0.717, 1.165) is 44.1 Å². The van der Waals surface area contributed by atoms with E-state index in [0.29, 0.717) is 23.3 Å². The third-order valence-electron chi connectivity index (χ3n) is 8.03. The molecule has 0 heterocycles. The van der Waals surface area contributed by atoms with Crippen LogP contribution in [0.2, 0.25) is 0 Å². The molecule has 5 atom stereocenters. The molecule has 0 bridgehead atoms. The fraction of sp³-hybridized carbons (Fsp3) is 0.480. The van der Waals surface area contributed by atoms with Gasteiger partial charge in [0.15, 0.2) is 11.5 Å². The summed E-state index contributed by atoms with van der Waals surface area (Å²) in [6.45, 7) is 2.31. The van der Waals surface area contributed by atoms with Crippen LogP contribution in [0.4, 0.5) is 0 Å². The Hall–Kier alpha value is -2.49. The molecule has 2 aromatic rings. The minimum absolute atomic E-state index is 0.0159. The SMILES string of the molecule is C[C@]12CC[C@@H]3c4ccc(O)c(O)c4CC[C@H]3[C@@H]1CC[C@@H]2OC(=O)c1ccccc1. The van der Waals surface area contributed by atoms with Crippen LogP contribution in [0.5, 0.6) is 11.5 Å². The van der Waals surface area contributed by atoms with Crippen molar-refractivity contribution in [2.75, 3.05) is 0 Å². The molecule has 5 rings (SSSR count). The minimum atomic E-state index is -0.214. The number of rotatable bonds is 2. The monoisotopic (exact) mass is 392 g/mol. The maximum atomic E-state index is 12.7. The van der Waals surface area contributed by atoms with Gasteiger partial charge in [0.25, 0.3) is 0 Å². The van der Waals surface area contributed by atoms with Crippen molar-refractivity contribution in [3.05, 3.63) is 59.2 Å². The van der Waals surface area contributed by atoms with E-state index in [-0.39, 0.29) is 29.0 Å². The molecule has 152 valence electrons. The quantitative estimate of drug-likeness (QED) is 0.546. The van der Waals surface area contributed by atoms with Crippen LogP contribution in [0.1, 0.15) is 66.4 Å². The molecule has 0 aliphatic heterocycles. The summed E-state index contributed by atoms with van der Waals surface area (Å²) in [5.41, 5.74) is 2.78. The smallest absolute Gasteiger partial charge is 0.338 e. The van der Waals surface area contributed by atoms with Crippen molar-refractivity contribution in [1.29, 1.82) is 0 Å². The van der Waals surface area contributed by atoms with Gasteiger partial charge in [-0.1, -0.05) is 31.2 Å². The lowest BCUT2D eigenvalue weighted by atomic mass is 9.55. The highest BCUT2D eigenvalue weighted by atomic mass is 16.5. The number of aromatic hydroxyl groups is 2. The number of hydrogen-bond donors (Lipinski definition) is 2. The lowest BCUT2D eigenvalue weighted by Crippen LogP contribution is -2.45. The van der Waals surface area contributed by atoms with Crippen molar-refractivity contribution >= 4 is 5.97 Å². The third-order valence-corrected chi connectivity index (χ3v) is 8.03. The Bertz CT molecular complexity index is 937. The number of benzene rings is 2. The largest absolute Gasteiger partial charge is 0.504 e. The molecule has 29 heavy (non-hydrogen) atoms. The molecule has 0 amide bonds. The zero-order valence-electron chi connectivity index (χ0n) is 16.8. The Kier molecular flexibility index (Phi) is 4.34. The molecule has 0 radical (unpaired) electrons. The van der Waals surface area contributed by atoms with Crippen LogP contribution in [-0.2, 0) is 11.2 Å². The van der Waals surface area contributed by atoms with Gasteiger partial charge in [0, 0.05) is 11.0 Å². The Morgan fingerprint density at radius 3 is 2.62 bits per heavy atom. The summed E-state index contributed by atoms with van der Waals surface area (Å²) in [7, 11) is 0. The van der Waals surface area contributed by atoms with Gasteiger partial charge in [-0.25, -0.2) is 4.79 Å². The van der Waals surface area contributed by atoms with Crippen molar-refractivity contribution in [1.82, 2.24) is 0 Å². The van der Waals surface area contributed by atoms with Crippen LogP contribution < -0.4 is 0 Å². The average Bonchev–Trinajstić information content (AvgIpc) is 3.07. The first-order valence-corrected chi connectivity index (χ1v) is 10.8. The first kappa shape index (κ1) is 18.5. The molecule has 2 N–H and O–H groups in total. The molecule has 2 saturated carbocycles. The summed E-state index contributed by atoms with van der Waals surface area (Å²) >= 11 is 0. The second-order valence-corrected chi connectivity index (χ2v) is 9.30. The van der Waals surface area contributed by atoms with Crippen molar-refractivity contribution in [3.63, 3.8) is 0 Å². The fourth-order valence-corrected chi connectivity index (χ4v) is 6.55. The third kappa shape index (κ3) is 2.84. The Morgan fingerprint density at radius 2 is 1.83 bits per heavy atom. The van der Waals surface area contributed by atoms with E-state index in [4.69, 9.17) is 4.74 Å². The Labute approximate surface area is 171 Å². The summed E-state index contributed by atoms with van der Waals surface area (Å²) in [6.07, 6.45) is 5.86. The number of ether oxygens (including phenoxy) is 1. The van der Waals surface area contributed by atoms with Gasteiger partial charge in [0.05, 0.1) is 5.56 Å². The van der Waals surface area contributed by atoms with Gasteiger partial charge >= 0.3 is 5.97 Å². The van der Waals surface area contributed by atoms with E-state index < -0.39 is 0 Å². The number of phenolic OH excluding ortho intramolecular Hbond substituents is 2. The van der Waals surface area contributed by atoms with Crippen molar-refractivity contribution in [3.8, 4) is 11.5 Å². The molecule has 2 fully saturated rings. The topological polar surface area (TPSA) is 66.8 Å². The van der Waals surface area contributed by atoms with Crippen LogP contribution in [0.15, 0.2) is 42.5 Å². The lowest BCUT2D eigenvalue weighted by molar-refractivity contribution is -0.0428. The standard InChI is InChI=1S/C25H28O4/c1-25-14-13-17-16-9-11-21(26)23(27)19(16)8-7-18(17)20(25)10-12-22(25)29-24(28)15-5-3-2-4-6-15/h2-6,9,11,17-18,20,22,26-27H,7-8,10,12-14H2,1H3/t17-,18-,20+,22+,25+/m1/s1. The molecule has 2 aromatic carbocycles. The predicted octanol–water partition coefficient (Wildman–Crippen LogP) is 5.18. The number of carbonyl (C=O) groups is 1. The highest BCUT2D eigenvalue weighted by molar-refractivity contribution is 5.89. The van der Waals surface area contributed by atoms with Gasteiger partial charge < -0.3 is 14.9 Å². The fourth-order valence-electron chi connectivity index (χ4n) is 6.55. The Morgan fingerprint density at radius 1 is 1.03 bits per heavy atom. The van der Waals surface area contributed by atoms with Crippen LogP contribution in [0.25, 0.3) is 0 Å². The second-order valence-electron chi connectivity index (χ2n) is 9.30. The van der Waals surface area contributed by atoms with E-state index in [9.17, 15) is 15.0 Å². The van der Waals surface area contributed by atoms with Gasteiger partial charge in [-0.05, 0) is 80.0 Å². The number of hydrogen-bond acceptors (Lipinski definition) is 4. The van der Waals surface area contributed by atoms with Crippen LogP contribution in [-0.4, -0.2) is 22.3 Å². The molecule has 0 unspecified atom stereocenters. The Balaban J connectivity index is 1.38. The second kappa shape index (κ2) is 6.79. The van der Waals surface area contributed by atoms with Gasteiger partial charge in [-0.2, -0.15) is 0 Å². The van der Waals surface area contributed by atoms with E-state index in [1.54, 1.807) is 6.07 Å². The minimum Gasteiger partial charge on any atom is -0.504 e. The molecular weight excluding hydrogens is 364 g/mol. The summed E-state index contributed by atoms with van der Waals surface area (Å²) in [4.78, 5) is 12.7. The first-order chi connectivity index (χ1) is 14.0. The number of esters is 1. The van der Waals surface area contributed by atoms with Gasteiger partial charge in [-0.15, -0.1) is 0 Å². The first-order valence-electron chi connectivity index (χ1n) is 10.8. The van der Waals surface area contributed by atoms with Gasteiger partial charge in [0.1, 0.15) is 6.10 Å². The summed E-state index contributed by atoms with van der Waals surface area (Å²) < 4.78 is 6.04. The molecule has 3 aliphatic carbocycles. The maximum Gasteiger partial charge on any atom is 0.338 e. The molecule has 0 spiro atoms. The normalized spacial score (nSPS) is 32.7. The zero-order chi connectivity index (χ0) is 20.2. The highest BCUT2D eigenvalue weighted by Gasteiger charge is 2.56. The van der Waals surface area contributed by atoms with E-state index in [1.807, 2.05) is 36.4 Å². The van der Waals surface area contributed by atoms with Gasteiger partial charge in [0.2, 0.25) is 0 Å². The lowest BCUT2D eigenvalue weighted by Gasteiger charge is -2.50. The average molecular weight is 392 g/mol. The number of carbonyl (C=O) groups excluding carboxylic acids is 1. The van der Waals surface area contributed by atoms with Crippen LogP contribution in [0.3, 0.4) is 0 Å². The van der Waals surface area contributed by atoms with Gasteiger partial charge in [-0.3, -0.25) is 0 Å². The highest BCUT2D eigenvalue weighted by Crippen LogP contribution is 2.62. The van der Waals surface area contributed by atoms with E-state index in [1.165, 1.54) is 5.56 Å². The molecule has 3 aliphatic rings. The zero-order valence-corrected chi connectivity index (χ0v) is 16.8. The summed E-state index contributed by atoms with van der Waals surface area (Å²) in [6, 6.07) is 12.9. The van der Waals surface area contributed by atoms with Crippen molar-refractivity contribution in [2.45, 2.75) is 57.5 Å².